The van der Waals surface area contributed by atoms with E-state index in [2.05, 4.69) is 10.6 Å². The molecule has 1 unspecified atom stereocenters. The molecule has 0 saturated heterocycles. The number of urea groups is 1. The topological polar surface area (TPSA) is 70.6 Å². The molecule has 0 radical (unpaired) electrons. The molecule has 1 aliphatic carbocycles. The Kier molecular flexibility index (Phi) is 5.24. The first-order valence-electron chi connectivity index (χ1n) is 8.59. The number of amides is 2. The van der Waals surface area contributed by atoms with Crippen LogP contribution in [0.4, 0.5) is 4.79 Å². The zero-order valence-corrected chi connectivity index (χ0v) is 14.5. The largest absolute Gasteiger partial charge is 0.497 e. The van der Waals surface area contributed by atoms with E-state index in [9.17, 15) is 9.90 Å². The number of ether oxygens (including phenoxy) is 1. The Hall–Kier alpha value is -2.53. The van der Waals surface area contributed by atoms with Gasteiger partial charge < -0.3 is 20.5 Å². The highest BCUT2D eigenvalue weighted by Gasteiger charge is 2.32. The maximum Gasteiger partial charge on any atom is 0.315 e. The number of carbonyl (C=O) groups is 1. The number of hydrogen-bond donors (Lipinski definition) is 3. The molecule has 0 saturated carbocycles. The molecule has 25 heavy (non-hydrogen) atoms. The van der Waals surface area contributed by atoms with Gasteiger partial charge in [-0.3, -0.25) is 0 Å². The summed E-state index contributed by atoms with van der Waals surface area (Å²) in [6.45, 7) is 2.02. The molecular formula is C20H24N2O3. The van der Waals surface area contributed by atoms with Gasteiger partial charge in [0, 0.05) is 6.42 Å². The van der Waals surface area contributed by atoms with Crippen LogP contribution in [0.3, 0.4) is 0 Å². The predicted octanol–water partition coefficient (Wildman–Crippen LogP) is 3.10. The lowest BCUT2D eigenvalue weighted by atomic mass is 10.0. The highest BCUT2D eigenvalue weighted by molar-refractivity contribution is 5.75. The van der Waals surface area contributed by atoms with Gasteiger partial charge in [0.2, 0.25) is 0 Å². The second kappa shape index (κ2) is 7.57. The van der Waals surface area contributed by atoms with Crippen molar-refractivity contribution in [2.45, 2.75) is 38.0 Å². The molecule has 2 aromatic rings. The summed E-state index contributed by atoms with van der Waals surface area (Å²) in [4.78, 5) is 12.5. The number of fused-ring (bicyclic) bond motifs is 1. The first kappa shape index (κ1) is 17.3. The molecule has 0 fully saturated rings. The van der Waals surface area contributed by atoms with E-state index >= 15 is 0 Å². The Morgan fingerprint density at radius 2 is 1.96 bits per heavy atom. The van der Waals surface area contributed by atoms with Gasteiger partial charge in [-0.05, 0) is 35.2 Å². The summed E-state index contributed by atoms with van der Waals surface area (Å²) in [6, 6.07) is 14.7. The molecule has 5 nitrogen and oxygen atoms in total. The van der Waals surface area contributed by atoms with Crippen LogP contribution in [-0.4, -0.2) is 24.4 Å². The van der Waals surface area contributed by atoms with Crippen LogP contribution >= 0.6 is 0 Å². The number of hydrogen-bond acceptors (Lipinski definition) is 3. The van der Waals surface area contributed by atoms with Gasteiger partial charge in [0.25, 0.3) is 0 Å². The minimum Gasteiger partial charge on any atom is -0.497 e. The van der Waals surface area contributed by atoms with Crippen LogP contribution in [0.25, 0.3) is 0 Å². The lowest BCUT2D eigenvalue weighted by molar-refractivity contribution is 0.141. The van der Waals surface area contributed by atoms with E-state index < -0.39 is 6.10 Å². The van der Waals surface area contributed by atoms with Gasteiger partial charge in [-0.1, -0.05) is 43.3 Å². The maximum absolute atomic E-state index is 12.5. The van der Waals surface area contributed by atoms with E-state index in [0.29, 0.717) is 6.42 Å². The molecule has 3 rings (SSSR count). The number of benzene rings is 2. The van der Waals surface area contributed by atoms with Crippen LogP contribution in [-0.2, 0) is 6.42 Å². The van der Waals surface area contributed by atoms with Gasteiger partial charge in [0.15, 0.2) is 0 Å². The number of nitrogens with one attached hydrogen (secondary N) is 2. The highest BCUT2D eigenvalue weighted by atomic mass is 16.5. The smallest absolute Gasteiger partial charge is 0.315 e. The van der Waals surface area contributed by atoms with E-state index in [1.807, 2.05) is 55.5 Å². The van der Waals surface area contributed by atoms with E-state index in [1.165, 1.54) is 0 Å². The van der Waals surface area contributed by atoms with E-state index in [1.54, 1.807) is 7.11 Å². The summed E-state index contributed by atoms with van der Waals surface area (Å²) in [5, 5.41) is 16.2. The molecule has 0 aromatic heterocycles. The van der Waals surface area contributed by atoms with Crippen molar-refractivity contribution in [1.82, 2.24) is 10.6 Å². The molecule has 2 amide bonds. The third-order valence-corrected chi connectivity index (χ3v) is 4.72. The van der Waals surface area contributed by atoms with Crippen LogP contribution < -0.4 is 15.4 Å². The number of methoxy groups -OCH3 is 1. The number of aliphatic hydroxyl groups is 1. The van der Waals surface area contributed by atoms with Crippen molar-refractivity contribution in [2.75, 3.05) is 7.11 Å². The van der Waals surface area contributed by atoms with Gasteiger partial charge in [0.1, 0.15) is 5.75 Å². The molecule has 0 aliphatic heterocycles. The Bertz CT molecular complexity index is 730. The average Bonchev–Trinajstić information content (AvgIpc) is 2.95. The second-order valence-corrected chi connectivity index (χ2v) is 6.30. The van der Waals surface area contributed by atoms with E-state index in [0.717, 1.165) is 28.9 Å². The summed E-state index contributed by atoms with van der Waals surface area (Å²) >= 11 is 0. The van der Waals surface area contributed by atoms with Gasteiger partial charge in [-0.15, -0.1) is 0 Å². The van der Waals surface area contributed by atoms with Crippen molar-refractivity contribution in [3.63, 3.8) is 0 Å². The third kappa shape index (κ3) is 3.77. The summed E-state index contributed by atoms with van der Waals surface area (Å²) in [6.07, 6.45) is 0.740. The maximum atomic E-state index is 12.5. The second-order valence-electron chi connectivity index (χ2n) is 6.30. The summed E-state index contributed by atoms with van der Waals surface area (Å²) < 4.78 is 5.17. The normalized spacial score (nSPS) is 19.8. The van der Waals surface area contributed by atoms with E-state index in [4.69, 9.17) is 4.74 Å². The van der Waals surface area contributed by atoms with Crippen molar-refractivity contribution < 1.29 is 14.6 Å². The fourth-order valence-corrected chi connectivity index (χ4v) is 3.35. The Balaban J connectivity index is 1.66. The molecule has 3 atom stereocenters. The number of rotatable bonds is 5. The minimum atomic E-state index is -0.593. The molecule has 1 aliphatic rings. The van der Waals surface area contributed by atoms with Crippen LogP contribution in [0.15, 0.2) is 48.5 Å². The predicted molar refractivity (Wildman–Crippen MR) is 96.6 cm³/mol. The fourth-order valence-electron chi connectivity index (χ4n) is 3.35. The molecule has 3 N–H and O–H groups in total. The van der Waals surface area contributed by atoms with E-state index in [-0.39, 0.29) is 18.1 Å². The number of carbonyl (C=O) groups excluding carboxylic acids is 1. The molecule has 0 heterocycles. The molecular weight excluding hydrogens is 316 g/mol. The summed E-state index contributed by atoms with van der Waals surface area (Å²) in [5.41, 5.74) is 3.09. The zero-order chi connectivity index (χ0) is 17.8. The van der Waals surface area contributed by atoms with Gasteiger partial charge in [0.05, 0.1) is 25.3 Å². The van der Waals surface area contributed by atoms with Gasteiger partial charge in [-0.25, -0.2) is 4.79 Å². The van der Waals surface area contributed by atoms with Crippen LogP contribution in [0, 0.1) is 0 Å². The Morgan fingerprint density at radius 3 is 2.64 bits per heavy atom. The van der Waals surface area contributed by atoms with Crippen molar-refractivity contribution in [3.05, 3.63) is 65.2 Å². The quantitative estimate of drug-likeness (QED) is 0.783. The Labute approximate surface area is 148 Å². The molecule has 0 spiro atoms. The van der Waals surface area contributed by atoms with Gasteiger partial charge in [-0.2, -0.15) is 0 Å². The van der Waals surface area contributed by atoms with Gasteiger partial charge >= 0.3 is 6.03 Å². The molecule has 2 aromatic carbocycles. The monoisotopic (exact) mass is 340 g/mol. The minimum absolute atomic E-state index is 0.0975. The average molecular weight is 340 g/mol. The van der Waals surface area contributed by atoms with Crippen LogP contribution in [0.2, 0.25) is 0 Å². The zero-order valence-electron chi connectivity index (χ0n) is 14.5. The molecule has 0 bridgehead atoms. The van der Waals surface area contributed by atoms with Crippen molar-refractivity contribution >= 4 is 6.03 Å². The molecule has 5 heteroatoms. The lowest BCUT2D eigenvalue weighted by Gasteiger charge is -2.22. The Morgan fingerprint density at radius 1 is 1.24 bits per heavy atom. The SMILES string of the molecule is CCC(NC(=O)N[C@@H]1c2ccccc2C[C@@H]1O)c1ccc(OC)cc1. The molecule has 132 valence electrons. The van der Waals surface area contributed by atoms with Crippen molar-refractivity contribution in [3.8, 4) is 5.75 Å². The first-order valence-corrected chi connectivity index (χ1v) is 8.59. The first-order chi connectivity index (χ1) is 12.1. The van der Waals surface area contributed by atoms with Crippen LogP contribution in [0.1, 0.15) is 42.1 Å². The highest BCUT2D eigenvalue weighted by Crippen LogP contribution is 2.31. The van der Waals surface area contributed by atoms with Crippen LogP contribution in [0.5, 0.6) is 5.75 Å². The lowest BCUT2D eigenvalue weighted by Crippen LogP contribution is -2.42. The van der Waals surface area contributed by atoms with Crippen molar-refractivity contribution in [1.29, 1.82) is 0 Å². The standard InChI is InChI=1S/C20H24N2O3/c1-3-17(13-8-10-15(25-2)11-9-13)21-20(24)22-19-16-7-5-4-6-14(16)12-18(19)23/h4-11,17-19,23H,3,12H2,1-2H3,(H2,21,22,24)/t17?,18-,19+/m0/s1. The third-order valence-electron chi connectivity index (χ3n) is 4.72. The summed E-state index contributed by atoms with van der Waals surface area (Å²) in [7, 11) is 1.63. The number of aliphatic hydroxyl groups excluding tert-OH is 1. The summed E-state index contributed by atoms with van der Waals surface area (Å²) in [5.74, 6) is 0.786. The van der Waals surface area contributed by atoms with Crippen molar-refractivity contribution in [2.24, 2.45) is 0 Å². The fraction of sp³-hybridized carbons (Fsp3) is 0.350.